The maximum atomic E-state index is 12.0. The number of hydrogen-bond donors (Lipinski definition) is 2. The summed E-state index contributed by atoms with van der Waals surface area (Å²) in [6.07, 6.45) is 6.77. The van der Waals surface area contributed by atoms with Gasteiger partial charge in [-0.2, -0.15) is 0 Å². The zero-order valence-corrected chi connectivity index (χ0v) is 15.7. The lowest BCUT2D eigenvalue weighted by Crippen LogP contribution is -2.31. The van der Waals surface area contributed by atoms with Crippen molar-refractivity contribution in [2.24, 2.45) is 10.7 Å². The van der Waals surface area contributed by atoms with Crippen LogP contribution in [0.25, 0.3) is 0 Å². The molecule has 0 bridgehead atoms. The molecule has 0 atom stereocenters. The van der Waals surface area contributed by atoms with Crippen LogP contribution in [-0.4, -0.2) is 36.4 Å². The number of anilines is 1. The Morgan fingerprint density at radius 2 is 1.92 bits per heavy atom. The Balaban J connectivity index is 1.87. The second-order valence-electron chi connectivity index (χ2n) is 6.60. The minimum absolute atomic E-state index is 0.289. The third kappa shape index (κ3) is 5.76. The molecule has 1 aliphatic rings. The van der Waals surface area contributed by atoms with Crippen LogP contribution in [0.5, 0.6) is 0 Å². The number of hydrogen-bond acceptors (Lipinski definition) is 2. The minimum Gasteiger partial charge on any atom is -0.370 e. The summed E-state index contributed by atoms with van der Waals surface area (Å²) in [5.74, 6) is 0.745. The van der Waals surface area contributed by atoms with E-state index in [0.29, 0.717) is 18.9 Å². The monoisotopic (exact) mass is 344 g/mol. The summed E-state index contributed by atoms with van der Waals surface area (Å²) in [5, 5.41) is 3.29. The van der Waals surface area contributed by atoms with E-state index in [9.17, 15) is 4.79 Å². The summed E-state index contributed by atoms with van der Waals surface area (Å²) in [6.45, 7) is 6.59. The number of rotatable bonds is 7. The number of para-hydroxylation sites is 1. The molecule has 25 heavy (non-hydrogen) atoms. The van der Waals surface area contributed by atoms with Gasteiger partial charge in [-0.1, -0.05) is 38.5 Å². The molecular weight excluding hydrogens is 312 g/mol. The number of carbonyl (C=O) groups excluding carboxylic acids is 1. The molecule has 1 amide bonds. The SMILES string of the molecule is CCc1cccc(CC)c1NC(N)=NCCCN1CCCCCC1=O. The summed E-state index contributed by atoms with van der Waals surface area (Å²) in [4.78, 5) is 18.4. The molecule has 0 saturated carbocycles. The lowest BCUT2D eigenvalue weighted by atomic mass is 10.0. The molecule has 0 unspecified atom stereocenters. The Morgan fingerprint density at radius 3 is 2.60 bits per heavy atom. The van der Waals surface area contributed by atoms with E-state index in [1.807, 2.05) is 4.90 Å². The number of carbonyl (C=O) groups is 1. The summed E-state index contributed by atoms with van der Waals surface area (Å²) < 4.78 is 0. The van der Waals surface area contributed by atoms with Crippen LogP contribution in [0.1, 0.15) is 57.1 Å². The van der Waals surface area contributed by atoms with Crippen molar-refractivity contribution in [3.63, 3.8) is 0 Å². The van der Waals surface area contributed by atoms with Crippen molar-refractivity contribution in [1.82, 2.24) is 4.90 Å². The number of guanidine groups is 1. The molecule has 138 valence electrons. The standard InChI is InChI=1S/C20H32N4O/c1-3-16-10-8-11-17(4-2)19(16)23-20(21)22-13-9-15-24-14-7-5-6-12-18(24)25/h8,10-11H,3-7,9,12-15H2,1-2H3,(H3,21,22,23). The van der Waals surface area contributed by atoms with E-state index in [4.69, 9.17) is 5.73 Å². The van der Waals surface area contributed by atoms with Crippen molar-refractivity contribution in [2.75, 3.05) is 25.0 Å². The number of nitrogens with two attached hydrogens (primary N) is 1. The smallest absolute Gasteiger partial charge is 0.222 e. The Kier molecular flexibility index (Phi) is 7.76. The van der Waals surface area contributed by atoms with Gasteiger partial charge >= 0.3 is 0 Å². The average Bonchev–Trinajstić information content (AvgIpc) is 2.83. The first-order chi connectivity index (χ1) is 12.2. The third-order valence-electron chi connectivity index (χ3n) is 4.79. The molecule has 5 heteroatoms. The predicted octanol–water partition coefficient (Wildman–Crippen LogP) is 3.33. The van der Waals surface area contributed by atoms with E-state index >= 15 is 0 Å². The highest BCUT2D eigenvalue weighted by Crippen LogP contribution is 2.22. The number of benzene rings is 1. The van der Waals surface area contributed by atoms with E-state index < -0.39 is 0 Å². The van der Waals surface area contributed by atoms with Gasteiger partial charge in [0, 0.05) is 31.7 Å². The number of likely N-dealkylation sites (tertiary alicyclic amines) is 1. The van der Waals surface area contributed by atoms with Gasteiger partial charge in [0.2, 0.25) is 5.91 Å². The molecule has 1 heterocycles. The van der Waals surface area contributed by atoms with Gasteiger partial charge in [0.15, 0.2) is 5.96 Å². The molecule has 0 aromatic heterocycles. The van der Waals surface area contributed by atoms with E-state index in [2.05, 4.69) is 42.4 Å². The van der Waals surface area contributed by atoms with Gasteiger partial charge in [-0.15, -0.1) is 0 Å². The van der Waals surface area contributed by atoms with Gasteiger partial charge in [-0.3, -0.25) is 9.79 Å². The van der Waals surface area contributed by atoms with E-state index in [-0.39, 0.29) is 5.91 Å². The average molecular weight is 345 g/mol. The van der Waals surface area contributed by atoms with Crippen molar-refractivity contribution in [1.29, 1.82) is 0 Å². The molecule has 0 spiro atoms. The fourth-order valence-electron chi connectivity index (χ4n) is 3.31. The van der Waals surface area contributed by atoms with Crippen LogP contribution in [0.3, 0.4) is 0 Å². The summed E-state index contributed by atoms with van der Waals surface area (Å²) in [6, 6.07) is 6.34. The number of aliphatic imine (C=N–C) groups is 1. The lowest BCUT2D eigenvalue weighted by molar-refractivity contribution is -0.130. The number of aryl methyl sites for hydroxylation is 2. The Labute approximate surface area is 151 Å². The van der Waals surface area contributed by atoms with Gasteiger partial charge in [-0.05, 0) is 43.2 Å². The van der Waals surface area contributed by atoms with E-state index in [1.54, 1.807) is 0 Å². The van der Waals surface area contributed by atoms with Crippen LogP contribution in [0.2, 0.25) is 0 Å². The largest absolute Gasteiger partial charge is 0.370 e. The molecule has 0 aliphatic carbocycles. The van der Waals surface area contributed by atoms with Gasteiger partial charge in [0.1, 0.15) is 0 Å². The van der Waals surface area contributed by atoms with Gasteiger partial charge in [-0.25, -0.2) is 0 Å². The molecule has 3 N–H and O–H groups in total. The Hall–Kier alpha value is -2.04. The first-order valence-corrected chi connectivity index (χ1v) is 9.61. The van der Waals surface area contributed by atoms with Gasteiger partial charge < -0.3 is 16.0 Å². The second kappa shape index (κ2) is 10.1. The van der Waals surface area contributed by atoms with Crippen molar-refractivity contribution >= 4 is 17.6 Å². The highest BCUT2D eigenvalue weighted by Gasteiger charge is 2.15. The molecule has 2 rings (SSSR count). The molecule has 5 nitrogen and oxygen atoms in total. The van der Waals surface area contributed by atoms with Crippen LogP contribution >= 0.6 is 0 Å². The summed E-state index contributed by atoms with van der Waals surface area (Å²) >= 11 is 0. The first-order valence-electron chi connectivity index (χ1n) is 9.61. The third-order valence-corrected chi connectivity index (χ3v) is 4.79. The summed E-state index contributed by atoms with van der Waals surface area (Å²) in [5.41, 5.74) is 9.69. The maximum Gasteiger partial charge on any atom is 0.222 e. The quantitative estimate of drug-likeness (QED) is 0.453. The Bertz CT molecular complexity index is 575. The second-order valence-corrected chi connectivity index (χ2v) is 6.60. The molecule has 1 aromatic carbocycles. The van der Waals surface area contributed by atoms with Crippen LogP contribution in [0.15, 0.2) is 23.2 Å². The van der Waals surface area contributed by atoms with Crippen molar-refractivity contribution in [3.05, 3.63) is 29.3 Å². The molecule has 1 saturated heterocycles. The zero-order valence-electron chi connectivity index (χ0n) is 15.7. The number of nitrogens with one attached hydrogen (secondary N) is 1. The number of amides is 1. The fraction of sp³-hybridized carbons (Fsp3) is 0.600. The topological polar surface area (TPSA) is 70.7 Å². The molecule has 1 aliphatic heterocycles. The van der Waals surface area contributed by atoms with Crippen molar-refractivity contribution in [2.45, 2.75) is 58.8 Å². The molecule has 0 radical (unpaired) electrons. The first kappa shape index (κ1) is 19.3. The van der Waals surface area contributed by atoms with E-state index in [0.717, 1.165) is 57.3 Å². The normalized spacial score (nSPS) is 16.0. The van der Waals surface area contributed by atoms with E-state index in [1.165, 1.54) is 11.1 Å². The van der Waals surface area contributed by atoms with Gasteiger partial charge in [0.05, 0.1) is 0 Å². The van der Waals surface area contributed by atoms with Crippen LogP contribution in [-0.2, 0) is 17.6 Å². The van der Waals surface area contributed by atoms with Crippen LogP contribution in [0.4, 0.5) is 5.69 Å². The van der Waals surface area contributed by atoms with Crippen LogP contribution in [0, 0.1) is 0 Å². The van der Waals surface area contributed by atoms with Crippen LogP contribution < -0.4 is 11.1 Å². The highest BCUT2D eigenvalue weighted by molar-refractivity contribution is 5.93. The molecule has 1 fully saturated rings. The zero-order chi connectivity index (χ0) is 18.1. The van der Waals surface area contributed by atoms with Crippen molar-refractivity contribution in [3.8, 4) is 0 Å². The molecular formula is C20H32N4O. The molecule has 1 aromatic rings. The summed E-state index contributed by atoms with van der Waals surface area (Å²) in [7, 11) is 0. The fourth-order valence-corrected chi connectivity index (χ4v) is 3.31. The minimum atomic E-state index is 0.289. The number of nitrogens with zero attached hydrogens (tertiary/aromatic N) is 2. The highest BCUT2D eigenvalue weighted by atomic mass is 16.2. The Morgan fingerprint density at radius 1 is 1.20 bits per heavy atom. The maximum absolute atomic E-state index is 12.0. The van der Waals surface area contributed by atoms with Crippen molar-refractivity contribution < 1.29 is 4.79 Å². The predicted molar refractivity (Wildman–Crippen MR) is 105 cm³/mol. The lowest BCUT2D eigenvalue weighted by Gasteiger charge is -2.20. The van der Waals surface area contributed by atoms with Gasteiger partial charge in [0.25, 0.3) is 0 Å².